The number of unbranched alkanes of at least 4 members (excludes halogenated alkanes) is 1. The van der Waals surface area contributed by atoms with E-state index in [9.17, 15) is 4.79 Å². The van der Waals surface area contributed by atoms with Gasteiger partial charge in [0, 0.05) is 6.08 Å². The molecule has 0 heterocycles. The zero-order valence-corrected chi connectivity index (χ0v) is 7.92. The summed E-state index contributed by atoms with van der Waals surface area (Å²) in [5, 5.41) is 8.40. The lowest BCUT2D eigenvalue weighted by molar-refractivity contribution is -0.131. The first kappa shape index (κ1) is 11.2. The van der Waals surface area contributed by atoms with Crippen molar-refractivity contribution in [2.24, 2.45) is 5.92 Å². The Morgan fingerprint density at radius 1 is 1.50 bits per heavy atom. The van der Waals surface area contributed by atoms with E-state index in [1.54, 1.807) is 6.08 Å². The topological polar surface area (TPSA) is 37.3 Å². The molecule has 0 aliphatic heterocycles. The molecule has 0 aliphatic rings. The average Bonchev–Trinajstić information content (AvgIpc) is 2.05. The van der Waals surface area contributed by atoms with Gasteiger partial charge >= 0.3 is 5.97 Å². The lowest BCUT2D eigenvalue weighted by atomic mass is 9.99. The van der Waals surface area contributed by atoms with Crippen LogP contribution in [0, 0.1) is 5.92 Å². The molecule has 0 saturated heterocycles. The van der Waals surface area contributed by atoms with Gasteiger partial charge in [0.05, 0.1) is 0 Å². The Labute approximate surface area is 74.3 Å². The second-order valence-electron chi connectivity index (χ2n) is 3.01. The van der Waals surface area contributed by atoms with Crippen LogP contribution in [0.5, 0.6) is 0 Å². The number of aliphatic carboxylic acids is 1. The van der Waals surface area contributed by atoms with Gasteiger partial charge in [-0.05, 0) is 18.8 Å². The maximum absolute atomic E-state index is 10.2. The van der Waals surface area contributed by atoms with E-state index in [0.29, 0.717) is 5.92 Å². The van der Waals surface area contributed by atoms with Crippen LogP contribution in [-0.4, -0.2) is 11.1 Å². The zero-order chi connectivity index (χ0) is 9.40. The minimum absolute atomic E-state index is 0.445. The summed E-state index contributed by atoms with van der Waals surface area (Å²) in [6, 6.07) is 0. The van der Waals surface area contributed by atoms with Crippen LogP contribution < -0.4 is 0 Å². The van der Waals surface area contributed by atoms with Gasteiger partial charge in [-0.15, -0.1) is 0 Å². The Bertz CT molecular complexity index is 150. The molecule has 2 heteroatoms. The number of allylic oxidation sites excluding steroid dienone is 1. The standard InChI is InChI=1S/C10H18O2/c1-3-5-6-9(4-2)7-8-10(11)12/h7-9H,3-6H2,1-2H3,(H,11,12)/b8-7-/t9-/m1/s1. The fourth-order valence-corrected chi connectivity index (χ4v) is 1.12. The number of carbonyl (C=O) groups is 1. The highest BCUT2D eigenvalue weighted by Crippen LogP contribution is 2.13. The molecule has 0 unspecified atom stereocenters. The molecule has 1 N–H and O–H groups in total. The molecule has 70 valence electrons. The van der Waals surface area contributed by atoms with Crippen LogP contribution in [0.2, 0.25) is 0 Å². The van der Waals surface area contributed by atoms with E-state index in [4.69, 9.17) is 5.11 Å². The highest BCUT2D eigenvalue weighted by molar-refractivity contribution is 5.79. The zero-order valence-electron chi connectivity index (χ0n) is 7.92. The van der Waals surface area contributed by atoms with Crippen LogP contribution in [0.3, 0.4) is 0 Å². The summed E-state index contributed by atoms with van der Waals surface area (Å²) in [4.78, 5) is 10.2. The van der Waals surface area contributed by atoms with Gasteiger partial charge in [-0.2, -0.15) is 0 Å². The quantitative estimate of drug-likeness (QED) is 0.622. The number of carboxylic acids is 1. The number of rotatable bonds is 6. The van der Waals surface area contributed by atoms with E-state index in [-0.39, 0.29) is 0 Å². The van der Waals surface area contributed by atoms with Crippen LogP contribution in [0.15, 0.2) is 12.2 Å². The first-order valence-corrected chi connectivity index (χ1v) is 4.61. The number of carboxylic acid groups (broad SMARTS) is 1. The van der Waals surface area contributed by atoms with Crippen molar-refractivity contribution < 1.29 is 9.90 Å². The fraction of sp³-hybridized carbons (Fsp3) is 0.700. The predicted octanol–water partition coefficient (Wildman–Crippen LogP) is 2.84. The number of hydrogen-bond acceptors (Lipinski definition) is 1. The number of hydrogen-bond donors (Lipinski definition) is 1. The Hall–Kier alpha value is -0.790. The molecule has 0 aliphatic carbocycles. The molecule has 0 fully saturated rings. The summed E-state index contributed by atoms with van der Waals surface area (Å²) in [5.74, 6) is -0.397. The van der Waals surface area contributed by atoms with Crippen molar-refractivity contribution in [1.82, 2.24) is 0 Å². The summed E-state index contributed by atoms with van der Waals surface area (Å²) in [6.45, 7) is 4.24. The maximum atomic E-state index is 10.2. The summed E-state index contributed by atoms with van der Waals surface area (Å²) < 4.78 is 0. The lowest BCUT2D eigenvalue weighted by Gasteiger charge is -2.07. The van der Waals surface area contributed by atoms with Crippen molar-refractivity contribution in [1.29, 1.82) is 0 Å². The monoisotopic (exact) mass is 170 g/mol. The van der Waals surface area contributed by atoms with Crippen molar-refractivity contribution in [3.63, 3.8) is 0 Å². The Kier molecular flexibility index (Phi) is 6.44. The average molecular weight is 170 g/mol. The molecule has 0 spiro atoms. The second kappa shape index (κ2) is 6.89. The largest absolute Gasteiger partial charge is 0.478 e. The summed E-state index contributed by atoms with van der Waals surface area (Å²) >= 11 is 0. The minimum Gasteiger partial charge on any atom is -0.478 e. The third-order valence-electron chi connectivity index (χ3n) is 1.96. The Balaban J connectivity index is 3.73. The van der Waals surface area contributed by atoms with Crippen molar-refractivity contribution >= 4 is 5.97 Å². The SMILES string of the molecule is CCCC[C@H](/C=C\C(=O)O)CC. The highest BCUT2D eigenvalue weighted by atomic mass is 16.4. The molecule has 0 saturated carbocycles. The third kappa shape index (κ3) is 5.96. The van der Waals surface area contributed by atoms with Crippen molar-refractivity contribution in [3.05, 3.63) is 12.2 Å². The maximum Gasteiger partial charge on any atom is 0.327 e. The summed E-state index contributed by atoms with van der Waals surface area (Å²) in [6.07, 6.45) is 7.56. The van der Waals surface area contributed by atoms with E-state index in [1.807, 2.05) is 0 Å². The molecule has 0 radical (unpaired) electrons. The van der Waals surface area contributed by atoms with Crippen molar-refractivity contribution in [3.8, 4) is 0 Å². The molecule has 0 rings (SSSR count). The van der Waals surface area contributed by atoms with Gasteiger partial charge in [-0.3, -0.25) is 0 Å². The van der Waals surface area contributed by atoms with Crippen LogP contribution in [0.1, 0.15) is 39.5 Å². The van der Waals surface area contributed by atoms with E-state index < -0.39 is 5.97 Å². The Morgan fingerprint density at radius 2 is 2.17 bits per heavy atom. The molecular weight excluding hydrogens is 152 g/mol. The molecule has 12 heavy (non-hydrogen) atoms. The van der Waals surface area contributed by atoms with Gasteiger partial charge < -0.3 is 5.11 Å². The first-order chi connectivity index (χ1) is 5.70. The van der Waals surface area contributed by atoms with Gasteiger partial charge in [0.15, 0.2) is 0 Å². The highest BCUT2D eigenvalue weighted by Gasteiger charge is 2.00. The van der Waals surface area contributed by atoms with E-state index in [2.05, 4.69) is 13.8 Å². The predicted molar refractivity (Wildman–Crippen MR) is 50.1 cm³/mol. The van der Waals surface area contributed by atoms with E-state index in [1.165, 1.54) is 18.9 Å². The smallest absolute Gasteiger partial charge is 0.327 e. The molecule has 0 aromatic rings. The van der Waals surface area contributed by atoms with Crippen LogP contribution in [0.25, 0.3) is 0 Å². The molecule has 1 atom stereocenters. The molecule has 0 aromatic carbocycles. The van der Waals surface area contributed by atoms with E-state index >= 15 is 0 Å². The fourth-order valence-electron chi connectivity index (χ4n) is 1.12. The molecule has 0 bridgehead atoms. The van der Waals surface area contributed by atoms with Crippen LogP contribution in [-0.2, 0) is 4.79 Å². The second-order valence-corrected chi connectivity index (χ2v) is 3.01. The van der Waals surface area contributed by atoms with Gasteiger partial charge in [-0.1, -0.05) is 32.8 Å². The van der Waals surface area contributed by atoms with Crippen LogP contribution in [0.4, 0.5) is 0 Å². The molecule has 0 amide bonds. The molecule has 2 nitrogen and oxygen atoms in total. The summed E-state index contributed by atoms with van der Waals surface area (Å²) in [7, 11) is 0. The van der Waals surface area contributed by atoms with Crippen LogP contribution >= 0.6 is 0 Å². The molecule has 0 aromatic heterocycles. The minimum atomic E-state index is -0.843. The first-order valence-electron chi connectivity index (χ1n) is 4.61. The third-order valence-corrected chi connectivity index (χ3v) is 1.96. The normalized spacial score (nSPS) is 13.5. The van der Waals surface area contributed by atoms with Gasteiger partial charge in [0.25, 0.3) is 0 Å². The van der Waals surface area contributed by atoms with Gasteiger partial charge in [0.2, 0.25) is 0 Å². The van der Waals surface area contributed by atoms with Gasteiger partial charge in [0.1, 0.15) is 0 Å². The van der Waals surface area contributed by atoms with Gasteiger partial charge in [-0.25, -0.2) is 4.79 Å². The van der Waals surface area contributed by atoms with E-state index in [0.717, 1.165) is 12.8 Å². The Morgan fingerprint density at radius 3 is 2.58 bits per heavy atom. The summed E-state index contributed by atoms with van der Waals surface area (Å²) in [5.41, 5.74) is 0. The van der Waals surface area contributed by atoms with Crippen molar-refractivity contribution in [2.75, 3.05) is 0 Å². The van der Waals surface area contributed by atoms with Crippen molar-refractivity contribution in [2.45, 2.75) is 39.5 Å². The lowest BCUT2D eigenvalue weighted by Crippen LogP contribution is -1.96. The molecular formula is C10H18O2.